The molecule has 2 heterocycles. The van der Waals surface area contributed by atoms with Crippen molar-refractivity contribution in [1.29, 1.82) is 0 Å². The van der Waals surface area contributed by atoms with Crippen molar-refractivity contribution in [2.75, 3.05) is 18.0 Å². The highest BCUT2D eigenvalue weighted by molar-refractivity contribution is 5.94. The molecule has 5 rings (SSSR count). The molecule has 3 N–H and O–H groups in total. The quantitative estimate of drug-likeness (QED) is 0.823. The van der Waals surface area contributed by atoms with Crippen molar-refractivity contribution in [3.8, 4) is 0 Å². The zero-order chi connectivity index (χ0) is 20.4. The highest BCUT2D eigenvalue weighted by atomic mass is 19.1. The molecular weight excluding hydrogens is 380 g/mol. The summed E-state index contributed by atoms with van der Waals surface area (Å²) in [5, 5.41) is 9.12. The van der Waals surface area contributed by atoms with Crippen molar-refractivity contribution in [2.45, 2.75) is 44.2 Å². The van der Waals surface area contributed by atoms with E-state index in [2.05, 4.69) is 0 Å². The standard InChI is InChI=1S/C21H23F2N3O3/c22-15-7-12-18(26(11-2-3-11)9-14(20(12)27)21(28)29)17(23)19(15)25-6-5-10-1-4-16(24)13(10)8-25/h7,9-11,13,16H,1-6,8,24H2,(H,28,29)/t10-,13-,16+/m1/s1. The number of fused-ring (bicyclic) bond motifs is 2. The van der Waals surface area contributed by atoms with Gasteiger partial charge in [0.15, 0.2) is 5.82 Å². The van der Waals surface area contributed by atoms with Gasteiger partial charge in [0.25, 0.3) is 0 Å². The third-order valence-electron chi connectivity index (χ3n) is 6.90. The highest BCUT2D eigenvalue weighted by Gasteiger charge is 2.40. The topological polar surface area (TPSA) is 88.6 Å². The Hall–Kier alpha value is -2.48. The van der Waals surface area contributed by atoms with Gasteiger partial charge in [0, 0.05) is 31.4 Å². The second-order valence-corrected chi connectivity index (χ2v) is 8.63. The molecule has 8 heteroatoms. The number of benzene rings is 1. The summed E-state index contributed by atoms with van der Waals surface area (Å²) in [5.74, 6) is -2.31. The Morgan fingerprint density at radius 2 is 1.93 bits per heavy atom. The Kier molecular flexibility index (Phi) is 4.17. The van der Waals surface area contributed by atoms with Gasteiger partial charge in [0.05, 0.1) is 10.9 Å². The molecule has 2 aromatic rings. The van der Waals surface area contributed by atoms with E-state index in [0.29, 0.717) is 19.0 Å². The first-order valence-electron chi connectivity index (χ1n) is 10.2. The third-order valence-corrected chi connectivity index (χ3v) is 6.90. The number of carboxylic acids is 1. The Labute approximate surface area is 165 Å². The number of anilines is 1. The minimum atomic E-state index is -1.39. The molecule has 6 nitrogen and oxygen atoms in total. The van der Waals surface area contributed by atoms with E-state index in [1.54, 1.807) is 4.90 Å². The van der Waals surface area contributed by atoms with E-state index in [1.165, 1.54) is 10.8 Å². The van der Waals surface area contributed by atoms with Crippen LogP contribution >= 0.6 is 0 Å². The zero-order valence-corrected chi connectivity index (χ0v) is 15.9. The average Bonchev–Trinajstić information content (AvgIpc) is 3.46. The van der Waals surface area contributed by atoms with Crippen molar-refractivity contribution < 1.29 is 18.7 Å². The average molecular weight is 403 g/mol. The van der Waals surface area contributed by atoms with Gasteiger partial charge in [0.1, 0.15) is 17.1 Å². The lowest BCUT2D eigenvalue weighted by Gasteiger charge is -2.38. The number of nitrogens with zero attached hydrogens (tertiary/aromatic N) is 2. The molecule has 0 spiro atoms. The molecule has 0 radical (unpaired) electrons. The molecule has 3 aliphatic rings. The SMILES string of the molecule is N[C@H]1CC[C@@H]2CCN(c3c(F)cc4c(=O)c(C(=O)O)cn(C5CC5)c4c3F)C[C@H]21. The fourth-order valence-electron chi connectivity index (χ4n) is 5.21. The number of halogens is 2. The number of nitrogens with two attached hydrogens (primary N) is 1. The van der Waals surface area contributed by atoms with Crippen molar-refractivity contribution in [2.24, 2.45) is 17.6 Å². The summed E-state index contributed by atoms with van der Waals surface area (Å²) >= 11 is 0. The molecule has 0 amide bonds. The van der Waals surface area contributed by atoms with Gasteiger partial charge in [-0.25, -0.2) is 13.6 Å². The molecule has 2 aliphatic carbocycles. The maximum atomic E-state index is 15.7. The van der Waals surface area contributed by atoms with Gasteiger partial charge < -0.3 is 20.3 Å². The van der Waals surface area contributed by atoms with Crippen LogP contribution in [0, 0.1) is 23.5 Å². The Morgan fingerprint density at radius 1 is 1.17 bits per heavy atom. The van der Waals surface area contributed by atoms with Crippen LogP contribution in [0.3, 0.4) is 0 Å². The lowest BCUT2D eigenvalue weighted by Crippen LogP contribution is -2.45. The second kappa shape index (κ2) is 6.52. The maximum absolute atomic E-state index is 15.7. The summed E-state index contributed by atoms with van der Waals surface area (Å²) in [6.07, 6.45) is 5.57. The summed E-state index contributed by atoms with van der Waals surface area (Å²) < 4.78 is 32.3. The molecule has 2 saturated carbocycles. The van der Waals surface area contributed by atoms with Crippen LogP contribution in [-0.4, -0.2) is 34.8 Å². The maximum Gasteiger partial charge on any atom is 0.341 e. The van der Waals surface area contributed by atoms with Gasteiger partial charge in [-0.1, -0.05) is 0 Å². The first-order chi connectivity index (χ1) is 13.9. The van der Waals surface area contributed by atoms with Crippen molar-refractivity contribution >= 4 is 22.6 Å². The molecule has 29 heavy (non-hydrogen) atoms. The van der Waals surface area contributed by atoms with Gasteiger partial charge in [0.2, 0.25) is 5.43 Å². The van der Waals surface area contributed by atoms with Crippen LogP contribution in [0.1, 0.15) is 48.5 Å². The van der Waals surface area contributed by atoms with Crippen LogP contribution < -0.4 is 16.1 Å². The fourth-order valence-corrected chi connectivity index (χ4v) is 5.21. The Bertz CT molecular complexity index is 1080. The van der Waals surface area contributed by atoms with Crippen LogP contribution in [0.4, 0.5) is 14.5 Å². The zero-order valence-electron chi connectivity index (χ0n) is 15.9. The van der Waals surface area contributed by atoms with E-state index in [4.69, 9.17) is 5.73 Å². The number of hydrogen-bond acceptors (Lipinski definition) is 4. The van der Waals surface area contributed by atoms with Gasteiger partial charge in [-0.2, -0.15) is 0 Å². The number of pyridine rings is 1. The molecule has 3 fully saturated rings. The van der Waals surface area contributed by atoms with Crippen LogP contribution in [0.25, 0.3) is 10.9 Å². The Morgan fingerprint density at radius 3 is 2.62 bits per heavy atom. The Balaban J connectivity index is 1.68. The molecular formula is C21H23F2N3O3. The summed E-state index contributed by atoms with van der Waals surface area (Å²) in [5.41, 5.74) is 4.76. The smallest absolute Gasteiger partial charge is 0.341 e. The number of aromatic nitrogens is 1. The van der Waals surface area contributed by atoms with E-state index in [1.807, 2.05) is 0 Å². The molecule has 1 aromatic carbocycles. The number of rotatable bonds is 3. The van der Waals surface area contributed by atoms with E-state index in [-0.39, 0.29) is 34.6 Å². The second-order valence-electron chi connectivity index (χ2n) is 8.63. The predicted octanol–water partition coefficient (Wildman–Crippen LogP) is 2.88. The first kappa shape index (κ1) is 18.5. The number of hydrogen-bond donors (Lipinski definition) is 2. The van der Waals surface area contributed by atoms with Crippen molar-refractivity contribution in [3.05, 3.63) is 39.7 Å². The van der Waals surface area contributed by atoms with E-state index in [0.717, 1.165) is 38.2 Å². The number of aromatic carboxylic acids is 1. The van der Waals surface area contributed by atoms with E-state index >= 15 is 8.78 Å². The minimum Gasteiger partial charge on any atom is -0.477 e. The molecule has 154 valence electrons. The van der Waals surface area contributed by atoms with Crippen LogP contribution in [-0.2, 0) is 0 Å². The first-order valence-corrected chi connectivity index (χ1v) is 10.2. The van der Waals surface area contributed by atoms with E-state index in [9.17, 15) is 14.7 Å². The summed E-state index contributed by atoms with van der Waals surface area (Å²) in [7, 11) is 0. The summed E-state index contributed by atoms with van der Waals surface area (Å²) in [6, 6.07) is 0.970. The van der Waals surface area contributed by atoms with Crippen LogP contribution in [0.2, 0.25) is 0 Å². The van der Waals surface area contributed by atoms with Gasteiger partial charge in [-0.3, -0.25) is 4.79 Å². The van der Waals surface area contributed by atoms with Crippen molar-refractivity contribution in [3.63, 3.8) is 0 Å². The summed E-state index contributed by atoms with van der Waals surface area (Å²) in [6.45, 7) is 1.03. The third kappa shape index (κ3) is 2.84. The normalized spacial score (nSPS) is 26.7. The molecule has 0 bridgehead atoms. The highest BCUT2D eigenvalue weighted by Crippen LogP contribution is 2.42. The van der Waals surface area contributed by atoms with Gasteiger partial charge in [-0.05, 0) is 50.0 Å². The fraction of sp³-hybridized carbons (Fsp3) is 0.524. The van der Waals surface area contributed by atoms with Gasteiger partial charge >= 0.3 is 5.97 Å². The summed E-state index contributed by atoms with van der Waals surface area (Å²) in [4.78, 5) is 25.8. The van der Waals surface area contributed by atoms with Crippen LogP contribution in [0.5, 0.6) is 0 Å². The molecule has 3 atom stereocenters. The number of piperidine rings is 1. The molecule has 1 aromatic heterocycles. The molecule has 1 saturated heterocycles. The number of carbonyl (C=O) groups is 1. The lowest BCUT2D eigenvalue weighted by molar-refractivity contribution is 0.0695. The number of carboxylic acid groups (broad SMARTS) is 1. The molecule has 1 aliphatic heterocycles. The predicted molar refractivity (Wildman–Crippen MR) is 104 cm³/mol. The van der Waals surface area contributed by atoms with Crippen molar-refractivity contribution in [1.82, 2.24) is 4.57 Å². The van der Waals surface area contributed by atoms with Crippen LogP contribution in [0.15, 0.2) is 17.1 Å². The minimum absolute atomic E-state index is 0.00301. The molecule has 0 unspecified atom stereocenters. The lowest BCUT2D eigenvalue weighted by atomic mass is 9.86. The van der Waals surface area contributed by atoms with E-state index < -0.39 is 28.6 Å². The largest absolute Gasteiger partial charge is 0.477 e. The van der Waals surface area contributed by atoms with Gasteiger partial charge in [-0.15, -0.1) is 0 Å². The monoisotopic (exact) mass is 403 g/mol.